The highest BCUT2D eigenvalue weighted by Gasteiger charge is 2.31. The molecular formula is C27H26N6O3. The van der Waals surface area contributed by atoms with Gasteiger partial charge < -0.3 is 19.5 Å². The highest BCUT2D eigenvalue weighted by atomic mass is 16.5. The molecule has 4 aromatic rings. The van der Waals surface area contributed by atoms with Crippen LogP contribution in [0.3, 0.4) is 0 Å². The number of benzene rings is 1. The standard InChI is InChI=1S/C27H26N6O3/c1-17(34)33-11-2-4-25(33)20-14-22-18(12-23(31-22)24-16-28-7-8-29-24)13-26(20)36-19-5-6-21(30-15-19)27(35)32-9-3-10-32/h5-8,12-16,25,31H,2-4,9-11H2,1H3/t25-/m1/s1. The lowest BCUT2D eigenvalue weighted by Crippen LogP contribution is -2.42. The predicted octanol–water partition coefficient (Wildman–Crippen LogP) is 4.34. The quantitative estimate of drug-likeness (QED) is 0.454. The maximum Gasteiger partial charge on any atom is 0.272 e. The Balaban J connectivity index is 1.37. The first-order valence-corrected chi connectivity index (χ1v) is 12.2. The fraction of sp³-hybridized carbons (Fsp3) is 0.296. The first-order valence-electron chi connectivity index (χ1n) is 12.2. The third-order valence-corrected chi connectivity index (χ3v) is 6.93. The maximum absolute atomic E-state index is 12.5. The number of nitrogens with one attached hydrogen (secondary N) is 1. The van der Waals surface area contributed by atoms with Gasteiger partial charge in [-0.2, -0.15) is 0 Å². The van der Waals surface area contributed by atoms with Crippen LogP contribution in [0.4, 0.5) is 0 Å². The maximum atomic E-state index is 12.5. The van der Waals surface area contributed by atoms with Crippen LogP contribution in [0.1, 0.15) is 48.3 Å². The minimum Gasteiger partial charge on any atom is -0.455 e. The fourth-order valence-electron chi connectivity index (χ4n) is 4.94. The van der Waals surface area contributed by atoms with Crippen molar-refractivity contribution in [2.45, 2.75) is 32.2 Å². The molecule has 1 atom stereocenters. The zero-order valence-electron chi connectivity index (χ0n) is 20.0. The molecule has 2 saturated heterocycles. The van der Waals surface area contributed by atoms with Crippen LogP contribution in [-0.4, -0.2) is 61.2 Å². The normalized spacial score (nSPS) is 17.3. The number of aromatic amines is 1. The van der Waals surface area contributed by atoms with E-state index in [1.165, 1.54) is 0 Å². The topological polar surface area (TPSA) is 104 Å². The Hall–Kier alpha value is -4.27. The van der Waals surface area contributed by atoms with Crippen LogP contribution in [0, 0.1) is 0 Å². The van der Waals surface area contributed by atoms with Gasteiger partial charge in [0.15, 0.2) is 0 Å². The summed E-state index contributed by atoms with van der Waals surface area (Å²) in [6, 6.07) is 9.45. The van der Waals surface area contributed by atoms with Gasteiger partial charge in [0, 0.05) is 55.4 Å². The molecule has 6 rings (SSSR count). The zero-order valence-corrected chi connectivity index (χ0v) is 20.0. The molecule has 5 heterocycles. The fourth-order valence-corrected chi connectivity index (χ4v) is 4.94. The van der Waals surface area contributed by atoms with Crippen molar-refractivity contribution >= 4 is 22.7 Å². The SMILES string of the molecule is CC(=O)N1CCC[C@@H]1c1cc2[nH]c(-c3cnccn3)cc2cc1Oc1ccc(C(=O)N2CCC2)nc1. The van der Waals surface area contributed by atoms with Crippen LogP contribution in [0.15, 0.2) is 55.1 Å². The smallest absolute Gasteiger partial charge is 0.272 e. The number of nitrogens with zero attached hydrogens (tertiary/aromatic N) is 5. The molecule has 2 amide bonds. The van der Waals surface area contributed by atoms with Gasteiger partial charge in [-0.1, -0.05) is 0 Å². The Labute approximate surface area is 208 Å². The van der Waals surface area contributed by atoms with E-state index in [1.807, 2.05) is 17.0 Å². The van der Waals surface area contributed by atoms with Gasteiger partial charge in [-0.05, 0) is 49.6 Å². The van der Waals surface area contributed by atoms with Crippen molar-refractivity contribution in [3.8, 4) is 22.9 Å². The Kier molecular flexibility index (Phi) is 5.59. The first-order chi connectivity index (χ1) is 17.6. The van der Waals surface area contributed by atoms with Crippen molar-refractivity contribution in [2.24, 2.45) is 0 Å². The van der Waals surface area contributed by atoms with Crippen molar-refractivity contribution in [3.63, 3.8) is 0 Å². The summed E-state index contributed by atoms with van der Waals surface area (Å²) in [6.07, 6.45) is 9.43. The molecule has 3 aromatic heterocycles. The molecule has 0 unspecified atom stereocenters. The number of ether oxygens (including phenoxy) is 1. The van der Waals surface area contributed by atoms with Gasteiger partial charge in [0.2, 0.25) is 5.91 Å². The second-order valence-electron chi connectivity index (χ2n) is 9.25. The van der Waals surface area contributed by atoms with Gasteiger partial charge in [-0.3, -0.25) is 19.6 Å². The summed E-state index contributed by atoms with van der Waals surface area (Å²) >= 11 is 0. The zero-order chi connectivity index (χ0) is 24.6. The number of hydrogen-bond donors (Lipinski definition) is 1. The second-order valence-corrected chi connectivity index (χ2v) is 9.25. The van der Waals surface area contributed by atoms with E-state index in [0.717, 1.165) is 66.8 Å². The van der Waals surface area contributed by atoms with Crippen LogP contribution >= 0.6 is 0 Å². The molecule has 2 fully saturated rings. The van der Waals surface area contributed by atoms with Gasteiger partial charge >= 0.3 is 0 Å². The number of carbonyl (C=O) groups excluding carboxylic acids is 2. The molecular weight excluding hydrogens is 456 g/mol. The molecule has 0 aliphatic carbocycles. The molecule has 0 radical (unpaired) electrons. The van der Waals surface area contributed by atoms with Crippen LogP contribution in [-0.2, 0) is 4.79 Å². The van der Waals surface area contributed by atoms with E-state index in [-0.39, 0.29) is 17.9 Å². The summed E-state index contributed by atoms with van der Waals surface area (Å²) in [5.74, 6) is 1.19. The van der Waals surface area contributed by atoms with Crippen molar-refractivity contribution in [3.05, 3.63) is 66.4 Å². The molecule has 0 spiro atoms. The highest BCUT2D eigenvalue weighted by Crippen LogP contribution is 2.41. The van der Waals surface area contributed by atoms with E-state index in [0.29, 0.717) is 17.2 Å². The number of rotatable bonds is 5. The third-order valence-electron chi connectivity index (χ3n) is 6.93. The van der Waals surface area contributed by atoms with Gasteiger partial charge in [0.1, 0.15) is 22.9 Å². The van der Waals surface area contributed by atoms with Gasteiger partial charge in [0.05, 0.1) is 24.1 Å². The van der Waals surface area contributed by atoms with Crippen LogP contribution in [0.2, 0.25) is 0 Å². The number of aromatic nitrogens is 4. The molecule has 2 aliphatic heterocycles. The summed E-state index contributed by atoms with van der Waals surface area (Å²) in [4.78, 5) is 44.9. The van der Waals surface area contributed by atoms with Crippen LogP contribution in [0.25, 0.3) is 22.3 Å². The highest BCUT2D eigenvalue weighted by molar-refractivity contribution is 5.93. The van der Waals surface area contributed by atoms with Crippen molar-refractivity contribution in [2.75, 3.05) is 19.6 Å². The van der Waals surface area contributed by atoms with Crippen molar-refractivity contribution in [1.29, 1.82) is 0 Å². The number of hydrogen-bond acceptors (Lipinski definition) is 6. The lowest BCUT2D eigenvalue weighted by molar-refractivity contribution is -0.129. The summed E-state index contributed by atoms with van der Waals surface area (Å²) in [5, 5.41) is 0.958. The monoisotopic (exact) mass is 482 g/mol. The average Bonchev–Trinajstić information content (AvgIpc) is 3.51. The molecule has 182 valence electrons. The lowest BCUT2D eigenvalue weighted by Gasteiger charge is -2.30. The third kappa shape index (κ3) is 4.06. The number of fused-ring (bicyclic) bond motifs is 1. The number of likely N-dealkylation sites (tertiary alicyclic amines) is 2. The molecule has 0 saturated carbocycles. The number of carbonyl (C=O) groups is 2. The predicted molar refractivity (Wildman–Crippen MR) is 134 cm³/mol. The van der Waals surface area contributed by atoms with Gasteiger partial charge in [-0.15, -0.1) is 0 Å². The molecule has 9 heteroatoms. The van der Waals surface area contributed by atoms with E-state index < -0.39 is 0 Å². The molecule has 1 N–H and O–H groups in total. The van der Waals surface area contributed by atoms with E-state index in [4.69, 9.17) is 4.74 Å². The van der Waals surface area contributed by atoms with E-state index >= 15 is 0 Å². The summed E-state index contributed by atoms with van der Waals surface area (Å²) in [6.45, 7) is 3.89. The number of pyridine rings is 1. The Bertz CT molecular complexity index is 1430. The molecule has 2 aliphatic rings. The summed E-state index contributed by atoms with van der Waals surface area (Å²) in [5.41, 5.74) is 3.88. The van der Waals surface area contributed by atoms with E-state index in [1.54, 1.807) is 48.7 Å². The van der Waals surface area contributed by atoms with E-state index in [9.17, 15) is 9.59 Å². The molecule has 9 nitrogen and oxygen atoms in total. The summed E-state index contributed by atoms with van der Waals surface area (Å²) < 4.78 is 6.34. The Morgan fingerprint density at radius 2 is 1.92 bits per heavy atom. The molecule has 36 heavy (non-hydrogen) atoms. The molecule has 1 aromatic carbocycles. The summed E-state index contributed by atoms with van der Waals surface area (Å²) in [7, 11) is 0. The van der Waals surface area contributed by atoms with Crippen LogP contribution < -0.4 is 4.74 Å². The van der Waals surface area contributed by atoms with Crippen molar-refractivity contribution < 1.29 is 14.3 Å². The Morgan fingerprint density at radius 1 is 1.03 bits per heavy atom. The van der Waals surface area contributed by atoms with Crippen molar-refractivity contribution in [1.82, 2.24) is 29.7 Å². The second kappa shape index (κ2) is 9.07. The van der Waals surface area contributed by atoms with Gasteiger partial charge in [0.25, 0.3) is 5.91 Å². The minimum atomic E-state index is -0.0783. The van der Waals surface area contributed by atoms with Gasteiger partial charge in [-0.25, -0.2) is 4.98 Å². The Morgan fingerprint density at radius 3 is 2.61 bits per heavy atom. The minimum absolute atomic E-state index is 0.0470. The first kappa shape index (κ1) is 22.2. The average molecular weight is 483 g/mol. The largest absolute Gasteiger partial charge is 0.455 e. The van der Waals surface area contributed by atoms with E-state index in [2.05, 4.69) is 26.0 Å². The lowest BCUT2D eigenvalue weighted by atomic mass is 10.0. The number of amides is 2. The van der Waals surface area contributed by atoms with Crippen LogP contribution in [0.5, 0.6) is 11.5 Å². The molecule has 0 bridgehead atoms. The number of H-pyrrole nitrogens is 1.